The number of hydrogen-bond donors (Lipinski definition) is 4. The summed E-state index contributed by atoms with van der Waals surface area (Å²) in [7, 11) is 0. The van der Waals surface area contributed by atoms with Crippen LogP contribution in [-0.4, -0.2) is 39.8 Å². The van der Waals surface area contributed by atoms with Gasteiger partial charge in [-0.2, -0.15) is 5.10 Å². The van der Waals surface area contributed by atoms with Gasteiger partial charge in [0.2, 0.25) is 0 Å². The molecule has 1 aliphatic rings. The molecule has 1 aromatic heterocycles. The maximum Gasteiger partial charge on any atom is 0.251 e. The molecule has 1 saturated carbocycles. The Kier molecular flexibility index (Phi) is 6.43. The molecule has 1 aliphatic carbocycles. The van der Waals surface area contributed by atoms with Crippen LogP contribution in [0.25, 0.3) is 11.1 Å². The summed E-state index contributed by atoms with van der Waals surface area (Å²) in [6.07, 6.45) is 7.82. The molecule has 0 spiro atoms. The van der Waals surface area contributed by atoms with Crippen LogP contribution in [-0.2, 0) is 0 Å². The highest BCUT2D eigenvalue weighted by Crippen LogP contribution is 2.21. The summed E-state index contributed by atoms with van der Waals surface area (Å²) in [5.41, 5.74) is 3.59. The van der Waals surface area contributed by atoms with Crippen LogP contribution >= 0.6 is 0 Å². The van der Waals surface area contributed by atoms with Crippen molar-refractivity contribution in [1.29, 1.82) is 0 Å². The number of aliphatic hydroxyl groups is 1. The highest BCUT2D eigenvalue weighted by molar-refractivity contribution is 5.96. The van der Waals surface area contributed by atoms with Gasteiger partial charge in [-0.05, 0) is 48.2 Å². The summed E-state index contributed by atoms with van der Waals surface area (Å²) >= 11 is 0. The SMILES string of the molecule is O=C(NC1CCCC1)c1cccc([C@@H](CO)NC(=O)c2ccc(-c3cn[nH]c3)cc2)c1. The van der Waals surface area contributed by atoms with Crippen molar-refractivity contribution in [3.8, 4) is 11.1 Å². The van der Waals surface area contributed by atoms with Gasteiger partial charge in [-0.15, -0.1) is 0 Å². The van der Waals surface area contributed by atoms with Gasteiger partial charge >= 0.3 is 0 Å². The molecule has 4 N–H and O–H groups in total. The quantitative estimate of drug-likeness (QED) is 0.473. The van der Waals surface area contributed by atoms with E-state index in [2.05, 4.69) is 20.8 Å². The van der Waals surface area contributed by atoms with E-state index in [0.29, 0.717) is 16.7 Å². The maximum atomic E-state index is 12.7. The summed E-state index contributed by atoms with van der Waals surface area (Å²) in [6, 6.07) is 13.8. The van der Waals surface area contributed by atoms with Gasteiger partial charge in [0, 0.05) is 28.9 Å². The number of hydrogen-bond acceptors (Lipinski definition) is 4. The van der Waals surface area contributed by atoms with Crippen LogP contribution in [0, 0.1) is 0 Å². The molecule has 3 aromatic rings. The number of benzene rings is 2. The molecule has 0 radical (unpaired) electrons. The number of amides is 2. The lowest BCUT2D eigenvalue weighted by molar-refractivity contribution is 0.0915. The largest absolute Gasteiger partial charge is 0.394 e. The second-order valence-corrected chi connectivity index (χ2v) is 7.85. The van der Waals surface area contributed by atoms with Crippen molar-refractivity contribution in [3.63, 3.8) is 0 Å². The van der Waals surface area contributed by atoms with Crippen LogP contribution in [0.4, 0.5) is 0 Å². The zero-order valence-corrected chi connectivity index (χ0v) is 17.2. The molecule has 1 heterocycles. The second kappa shape index (κ2) is 9.57. The fourth-order valence-electron chi connectivity index (χ4n) is 3.93. The van der Waals surface area contributed by atoms with Crippen LogP contribution in [0.15, 0.2) is 60.9 Å². The lowest BCUT2D eigenvalue weighted by Gasteiger charge is -2.18. The number of aromatic nitrogens is 2. The topological polar surface area (TPSA) is 107 Å². The van der Waals surface area contributed by atoms with E-state index in [1.54, 1.807) is 48.8 Å². The number of nitrogens with one attached hydrogen (secondary N) is 3. The molecular weight excluding hydrogens is 392 g/mol. The molecule has 0 bridgehead atoms. The normalized spacial score (nSPS) is 14.9. The summed E-state index contributed by atoms with van der Waals surface area (Å²) in [4.78, 5) is 25.3. The fraction of sp³-hybridized carbons (Fsp3) is 0.292. The highest BCUT2D eigenvalue weighted by atomic mass is 16.3. The molecule has 2 amide bonds. The number of rotatable bonds is 7. The van der Waals surface area contributed by atoms with Crippen molar-refractivity contribution in [2.24, 2.45) is 0 Å². The predicted octanol–water partition coefficient (Wildman–Crippen LogP) is 3.21. The lowest BCUT2D eigenvalue weighted by Crippen LogP contribution is -2.33. The molecule has 0 aliphatic heterocycles. The van der Waals surface area contributed by atoms with E-state index in [9.17, 15) is 14.7 Å². The molecular formula is C24H26N4O3. The van der Waals surface area contributed by atoms with Gasteiger partial charge in [-0.1, -0.05) is 37.1 Å². The number of H-pyrrole nitrogens is 1. The number of aromatic amines is 1. The Morgan fingerprint density at radius 1 is 1.03 bits per heavy atom. The average Bonchev–Trinajstić information content (AvgIpc) is 3.52. The van der Waals surface area contributed by atoms with Crippen molar-refractivity contribution in [3.05, 3.63) is 77.6 Å². The van der Waals surface area contributed by atoms with Gasteiger partial charge in [0.15, 0.2) is 0 Å². The zero-order chi connectivity index (χ0) is 21.6. The van der Waals surface area contributed by atoms with E-state index in [1.807, 2.05) is 12.1 Å². The minimum absolute atomic E-state index is 0.119. The third-order valence-corrected chi connectivity index (χ3v) is 5.71. The standard InChI is InChI=1S/C24H26N4O3/c29-15-22(18-4-3-5-19(12-18)24(31)27-21-6-1-2-7-21)28-23(30)17-10-8-16(9-11-17)20-13-25-26-14-20/h3-5,8-14,21-22,29H,1-2,6-7,15H2,(H,25,26)(H,27,31)(H,28,30)/t22-/m1/s1. The Hall–Kier alpha value is -3.45. The Labute approximate surface area is 180 Å². The summed E-state index contributed by atoms with van der Waals surface area (Å²) in [5, 5.41) is 22.5. The van der Waals surface area contributed by atoms with E-state index in [4.69, 9.17) is 0 Å². The molecule has 0 saturated heterocycles. The van der Waals surface area contributed by atoms with Crippen molar-refractivity contribution < 1.29 is 14.7 Å². The molecule has 31 heavy (non-hydrogen) atoms. The molecule has 7 heteroatoms. The van der Waals surface area contributed by atoms with E-state index >= 15 is 0 Å². The Balaban J connectivity index is 1.43. The van der Waals surface area contributed by atoms with Crippen molar-refractivity contribution in [2.75, 3.05) is 6.61 Å². The third kappa shape index (κ3) is 5.00. The summed E-state index contributed by atoms with van der Waals surface area (Å²) in [5.74, 6) is -0.412. The number of aliphatic hydroxyl groups excluding tert-OH is 1. The Morgan fingerprint density at radius 3 is 2.48 bits per heavy atom. The van der Waals surface area contributed by atoms with Gasteiger partial charge in [-0.3, -0.25) is 14.7 Å². The van der Waals surface area contributed by atoms with Gasteiger partial charge in [0.1, 0.15) is 0 Å². The minimum Gasteiger partial charge on any atom is -0.394 e. The van der Waals surface area contributed by atoms with Crippen LogP contribution in [0.5, 0.6) is 0 Å². The second-order valence-electron chi connectivity index (χ2n) is 7.85. The molecule has 0 unspecified atom stereocenters. The number of nitrogens with zero attached hydrogens (tertiary/aromatic N) is 1. The average molecular weight is 418 g/mol. The van der Waals surface area contributed by atoms with Crippen LogP contribution in [0.3, 0.4) is 0 Å². The molecule has 1 fully saturated rings. The first-order valence-corrected chi connectivity index (χ1v) is 10.6. The monoisotopic (exact) mass is 418 g/mol. The first-order chi connectivity index (χ1) is 15.1. The third-order valence-electron chi connectivity index (χ3n) is 5.71. The molecule has 2 aromatic carbocycles. The first-order valence-electron chi connectivity index (χ1n) is 10.6. The van der Waals surface area contributed by atoms with E-state index in [-0.39, 0.29) is 24.5 Å². The van der Waals surface area contributed by atoms with E-state index in [0.717, 1.165) is 36.8 Å². The molecule has 160 valence electrons. The first kappa shape index (κ1) is 20.8. The van der Waals surface area contributed by atoms with E-state index < -0.39 is 6.04 Å². The summed E-state index contributed by atoms with van der Waals surface area (Å²) in [6.45, 7) is -0.271. The van der Waals surface area contributed by atoms with Gasteiger partial charge < -0.3 is 15.7 Å². The molecule has 1 atom stereocenters. The van der Waals surface area contributed by atoms with Gasteiger partial charge in [-0.25, -0.2) is 0 Å². The maximum absolute atomic E-state index is 12.7. The zero-order valence-electron chi connectivity index (χ0n) is 17.2. The van der Waals surface area contributed by atoms with Gasteiger partial charge in [0.05, 0.1) is 18.8 Å². The number of carbonyl (C=O) groups excluding carboxylic acids is 2. The molecule has 7 nitrogen and oxygen atoms in total. The van der Waals surface area contributed by atoms with Crippen LogP contribution in [0.1, 0.15) is 58.0 Å². The number of carbonyl (C=O) groups is 2. The van der Waals surface area contributed by atoms with Crippen molar-refractivity contribution in [2.45, 2.75) is 37.8 Å². The molecule has 4 rings (SSSR count). The van der Waals surface area contributed by atoms with E-state index in [1.165, 1.54) is 0 Å². The highest BCUT2D eigenvalue weighted by Gasteiger charge is 2.20. The smallest absolute Gasteiger partial charge is 0.251 e. The van der Waals surface area contributed by atoms with Gasteiger partial charge in [0.25, 0.3) is 11.8 Å². The Morgan fingerprint density at radius 2 is 1.81 bits per heavy atom. The summed E-state index contributed by atoms with van der Waals surface area (Å²) < 4.78 is 0. The van der Waals surface area contributed by atoms with Crippen molar-refractivity contribution in [1.82, 2.24) is 20.8 Å². The lowest BCUT2D eigenvalue weighted by atomic mass is 10.0. The Bertz CT molecular complexity index is 1030. The van der Waals surface area contributed by atoms with Crippen LogP contribution in [0.2, 0.25) is 0 Å². The fourth-order valence-corrected chi connectivity index (χ4v) is 3.93. The minimum atomic E-state index is -0.611. The van der Waals surface area contributed by atoms with Crippen LogP contribution < -0.4 is 10.6 Å². The predicted molar refractivity (Wildman–Crippen MR) is 117 cm³/mol. The van der Waals surface area contributed by atoms with Crippen molar-refractivity contribution >= 4 is 11.8 Å².